The molecule has 2 rings (SSSR count). The molecule has 1 aromatic rings. The van der Waals surface area contributed by atoms with Crippen LogP contribution in [0.25, 0.3) is 0 Å². The van der Waals surface area contributed by atoms with Crippen LogP contribution in [0.4, 0.5) is 0 Å². The number of amides is 1. The van der Waals surface area contributed by atoms with E-state index in [0.717, 1.165) is 30.8 Å². The molecule has 20 heavy (non-hydrogen) atoms. The van der Waals surface area contributed by atoms with E-state index >= 15 is 0 Å². The van der Waals surface area contributed by atoms with Gasteiger partial charge in [0.2, 0.25) is 0 Å². The fourth-order valence-corrected chi connectivity index (χ4v) is 3.30. The summed E-state index contributed by atoms with van der Waals surface area (Å²) in [6.07, 6.45) is 5.33. The fraction of sp³-hybridized carbons (Fsp3) is 0.533. The standard InChI is InChI=1S/C15H21ClN2OS/c1-17-10-11-5-3-4-8-18(11)15(19)13-9-12(20-2)6-7-14(13)16/h6-7,9,11,17H,3-5,8,10H2,1-2H3. The second kappa shape index (κ2) is 7.34. The molecule has 1 fully saturated rings. The van der Waals surface area contributed by atoms with Gasteiger partial charge in [-0.2, -0.15) is 0 Å². The average Bonchev–Trinajstić information content (AvgIpc) is 2.48. The number of carbonyl (C=O) groups excluding carboxylic acids is 1. The topological polar surface area (TPSA) is 32.3 Å². The van der Waals surface area contributed by atoms with Crippen LogP contribution in [0.1, 0.15) is 29.6 Å². The molecule has 1 aromatic carbocycles. The van der Waals surface area contributed by atoms with Gasteiger partial charge in [-0.1, -0.05) is 11.6 Å². The number of nitrogens with one attached hydrogen (secondary N) is 1. The molecule has 1 aliphatic heterocycles. The Bertz CT molecular complexity index is 479. The van der Waals surface area contributed by atoms with E-state index < -0.39 is 0 Å². The first-order valence-electron chi connectivity index (χ1n) is 6.96. The van der Waals surface area contributed by atoms with Gasteiger partial charge in [0.05, 0.1) is 10.6 Å². The van der Waals surface area contributed by atoms with Crippen LogP contribution in [0.3, 0.4) is 0 Å². The predicted molar refractivity (Wildman–Crippen MR) is 85.8 cm³/mol. The van der Waals surface area contributed by atoms with Gasteiger partial charge in [0.25, 0.3) is 5.91 Å². The van der Waals surface area contributed by atoms with E-state index in [2.05, 4.69) is 5.32 Å². The highest BCUT2D eigenvalue weighted by Crippen LogP contribution is 2.26. The number of likely N-dealkylation sites (N-methyl/N-ethyl adjacent to an activating group) is 1. The number of halogens is 1. The van der Waals surface area contributed by atoms with Gasteiger partial charge in [-0.15, -0.1) is 11.8 Å². The van der Waals surface area contributed by atoms with E-state index in [1.807, 2.05) is 36.4 Å². The Labute approximate surface area is 130 Å². The average molecular weight is 313 g/mol. The van der Waals surface area contributed by atoms with Crippen LogP contribution in [0.2, 0.25) is 5.02 Å². The molecule has 5 heteroatoms. The number of piperidine rings is 1. The molecular weight excluding hydrogens is 292 g/mol. The minimum absolute atomic E-state index is 0.0610. The summed E-state index contributed by atoms with van der Waals surface area (Å²) in [4.78, 5) is 15.8. The Balaban J connectivity index is 2.24. The molecule has 0 saturated carbocycles. The summed E-state index contributed by atoms with van der Waals surface area (Å²) in [5.74, 6) is 0.0610. The fourth-order valence-electron chi connectivity index (χ4n) is 2.67. The molecule has 0 spiro atoms. The lowest BCUT2D eigenvalue weighted by Gasteiger charge is -2.36. The summed E-state index contributed by atoms with van der Waals surface area (Å²) in [6, 6.07) is 5.94. The number of benzene rings is 1. The zero-order valence-corrected chi connectivity index (χ0v) is 13.6. The zero-order valence-electron chi connectivity index (χ0n) is 12.0. The van der Waals surface area contributed by atoms with Crippen LogP contribution in [0, 0.1) is 0 Å². The molecule has 0 aliphatic carbocycles. The van der Waals surface area contributed by atoms with Crippen molar-refractivity contribution in [1.82, 2.24) is 10.2 Å². The lowest BCUT2D eigenvalue weighted by atomic mass is 10.0. The Morgan fingerprint density at radius 3 is 3.00 bits per heavy atom. The highest BCUT2D eigenvalue weighted by atomic mass is 35.5. The molecule has 0 bridgehead atoms. The third kappa shape index (κ3) is 3.48. The predicted octanol–water partition coefficient (Wildman–Crippen LogP) is 3.28. The number of nitrogens with zero attached hydrogens (tertiary/aromatic N) is 1. The molecule has 1 atom stereocenters. The Morgan fingerprint density at radius 1 is 1.50 bits per heavy atom. The van der Waals surface area contributed by atoms with Gasteiger partial charge in [-0.3, -0.25) is 4.79 Å². The van der Waals surface area contributed by atoms with Crippen molar-refractivity contribution in [2.45, 2.75) is 30.2 Å². The maximum absolute atomic E-state index is 12.8. The minimum Gasteiger partial charge on any atom is -0.334 e. The summed E-state index contributed by atoms with van der Waals surface area (Å²) in [5.41, 5.74) is 0.626. The van der Waals surface area contributed by atoms with Crippen molar-refractivity contribution in [2.24, 2.45) is 0 Å². The number of carbonyl (C=O) groups is 1. The lowest BCUT2D eigenvalue weighted by Crippen LogP contribution is -2.48. The van der Waals surface area contributed by atoms with E-state index in [0.29, 0.717) is 10.6 Å². The Kier molecular flexibility index (Phi) is 5.75. The van der Waals surface area contributed by atoms with Crippen LogP contribution >= 0.6 is 23.4 Å². The SMILES string of the molecule is CNCC1CCCCN1C(=O)c1cc(SC)ccc1Cl. The van der Waals surface area contributed by atoms with E-state index in [1.54, 1.807) is 11.8 Å². The third-order valence-electron chi connectivity index (χ3n) is 3.73. The summed E-state index contributed by atoms with van der Waals surface area (Å²) < 4.78 is 0. The molecule has 110 valence electrons. The molecule has 0 aromatic heterocycles. The van der Waals surface area contributed by atoms with Crippen LogP contribution < -0.4 is 5.32 Å². The van der Waals surface area contributed by atoms with E-state index in [1.165, 1.54) is 6.42 Å². The monoisotopic (exact) mass is 312 g/mol. The summed E-state index contributed by atoms with van der Waals surface area (Å²) >= 11 is 7.84. The minimum atomic E-state index is 0.0610. The normalized spacial score (nSPS) is 19.1. The van der Waals surface area contributed by atoms with Crippen LogP contribution in [-0.4, -0.2) is 43.2 Å². The molecule has 1 heterocycles. The van der Waals surface area contributed by atoms with Crippen molar-refractivity contribution in [1.29, 1.82) is 0 Å². The zero-order chi connectivity index (χ0) is 14.5. The molecular formula is C15H21ClN2OS. The third-order valence-corrected chi connectivity index (χ3v) is 4.79. The summed E-state index contributed by atoms with van der Waals surface area (Å²) in [5, 5.41) is 3.72. The smallest absolute Gasteiger partial charge is 0.255 e. The second-order valence-corrected chi connectivity index (χ2v) is 6.34. The van der Waals surface area contributed by atoms with Gasteiger partial charge in [0.15, 0.2) is 0 Å². The van der Waals surface area contributed by atoms with E-state index in [4.69, 9.17) is 11.6 Å². The van der Waals surface area contributed by atoms with Crippen molar-refractivity contribution in [3.8, 4) is 0 Å². The van der Waals surface area contributed by atoms with Gasteiger partial charge < -0.3 is 10.2 Å². The first-order valence-corrected chi connectivity index (χ1v) is 8.56. The second-order valence-electron chi connectivity index (χ2n) is 5.05. The summed E-state index contributed by atoms with van der Waals surface area (Å²) in [7, 11) is 1.93. The van der Waals surface area contributed by atoms with Crippen molar-refractivity contribution < 1.29 is 4.79 Å². The van der Waals surface area contributed by atoms with E-state index in [9.17, 15) is 4.79 Å². The largest absolute Gasteiger partial charge is 0.334 e. The quantitative estimate of drug-likeness (QED) is 0.866. The summed E-state index contributed by atoms with van der Waals surface area (Å²) in [6.45, 7) is 1.66. The van der Waals surface area contributed by atoms with Crippen molar-refractivity contribution in [3.05, 3.63) is 28.8 Å². The molecule has 1 saturated heterocycles. The first-order chi connectivity index (χ1) is 9.67. The van der Waals surface area contributed by atoms with Crippen molar-refractivity contribution in [3.63, 3.8) is 0 Å². The van der Waals surface area contributed by atoms with Crippen molar-refractivity contribution in [2.75, 3.05) is 26.4 Å². The Morgan fingerprint density at radius 2 is 2.30 bits per heavy atom. The van der Waals surface area contributed by atoms with Crippen LogP contribution in [0.5, 0.6) is 0 Å². The molecule has 0 radical (unpaired) electrons. The number of rotatable bonds is 4. The van der Waals surface area contributed by atoms with E-state index in [-0.39, 0.29) is 11.9 Å². The molecule has 1 N–H and O–H groups in total. The van der Waals surface area contributed by atoms with Crippen molar-refractivity contribution >= 4 is 29.3 Å². The molecule has 3 nitrogen and oxygen atoms in total. The molecule has 1 unspecified atom stereocenters. The van der Waals surface area contributed by atoms with Gasteiger partial charge in [-0.25, -0.2) is 0 Å². The number of thioether (sulfide) groups is 1. The van der Waals surface area contributed by atoms with Gasteiger partial charge in [-0.05, 0) is 50.8 Å². The lowest BCUT2D eigenvalue weighted by molar-refractivity contribution is 0.0615. The highest BCUT2D eigenvalue weighted by molar-refractivity contribution is 7.98. The maximum Gasteiger partial charge on any atom is 0.255 e. The van der Waals surface area contributed by atoms with Crippen LogP contribution in [-0.2, 0) is 0 Å². The number of hydrogen-bond acceptors (Lipinski definition) is 3. The van der Waals surface area contributed by atoms with Gasteiger partial charge >= 0.3 is 0 Å². The maximum atomic E-state index is 12.8. The molecule has 1 aliphatic rings. The number of likely N-dealkylation sites (tertiary alicyclic amines) is 1. The van der Waals surface area contributed by atoms with Gasteiger partial charge in [0.1, 0.15) is 0 Å². The van der Waals surface area contributed by atoms with Crippen LogP contribution in [0.15, 0.2) is 23.1 Å². The first kappa shape index (κ1) is 15.7. The van der Waals surface area contributed by atoms with Gasteiger partial charge in [0, 0.05) is 24.0 Å². The Hall–Kier alpha value is -0.710. The number of hydrogen-bond donors (Lipinski definition) is 1. The molecule has 1 amide bonds. The highest BCUT2D eigenvalue weighted by Gasteiger charge is 2.28.